The van der Waals surface area contributed by atoms with E-state index in [9.17, 15) is 9.59 Å². The molecule has 0 N–H and O–H groups in total. The molecule has 4 heteroatoms. The second-order valence-electron chi connectivity index (χ2n) is 4.16. The molecular formula is C13H14N2O2. The quantitative estimate of drug-likeness (QED) is 0.737. The van der Waals surface area contributed by atoms with Gasteiger partial charge < -0.3 is 0 Å². The summed E-state index contributed by atoms with van der Waals surface area (Å²) in [4.78, 5) is 23.3. The van der Waals surface area contributed by atoms with E-state index >= 15 is 0 Å². The molecule has 2 rings (SSSR count). The van der Waals surface area contributed by atoms with E-state index in [1.54, 1.807) is 0 Å². The van der Waals surface area contributed by atoms with Crippen LogP contribution in [0.4, 0.5) is 0 Å². The average Bonchev–Trinajstić information content (AvgIpc) is 2.28. The Morgan fingerprint density at radius 1 is 1.06 bits per heavy atom. The third-order valence-electron chi connectivity index (χ3n) is 2.80. The van der Waals surface area contributed by atoms with Crippen LogP contribution in [-0.2, 0) is 7.05 Å². The zero-order chi connectivity index (χ0) is 12.6. The number of aromatic nitrogens is 2. The fraction of sp³-hybridized carbons (Fsp3) is 0.231. The van der Waals surface area contributed by atoms with Crippen molar-refractivity contribution in [2.45, 2.75) is 13.8 Å². The molecule has 1 aromatic heterocycles. The Morgan fingerprint density at radius 3 is 2.41 bits per heavy atom. The number of nitrogens with zero attached hydrogens (tertiary/aromatic N) is 2. The largest absolute Gasteiger partial charge is 0.335 e. The Hall–Kier alpha value is -2.10. The first-order chi connectivity index (χ1) is 8.00. The molecule has 0 aliphatic heterocycles. The van der Waals surface area contributed by atoms with Crippen molar-refractivity contribution in [2.75, 3.05) is 0 Å². The van der Waals surface area contributed by atoms with Gasteiger partial charge in [-0.3, -0.25) is 13.9 Å². The molecule has 0 fully saturated rings. The molecule has 0 atom stereocenters. The monoisotopic (exact) mass is 230 g/mol. The van der Waals surface area contributed by atoms with Crippen molar-refractivity contribution in [3.8, 4) is 5.69 Å². The minimum atomic E-state index is -0.329. The van der Waals surface area contributed by atoms with E-state index in [1.807, 2.05) is 32.0 Å². The van der Waals surface area contributed by atoms with Crippen LogP contribution >= 0.6 is 0 Å². The lowest BCUT2D eigenvalue weighted by atomic mass is 10.1. The fourth-order valence-electron chi connectivity index (χ4n) is 1.83. The molecule has 0 radical (unpaired) electrons. The van der Waals surface area contributed by atoms with Gasteiger partial charge >= 0.3 is 5.69 Å². The van der Waals surface area contributed by atoms with Crippen molar-refractivity contribution in [2.24, 2.45) is 7.05 Å². The Bertz CT molecular complexity index is 681. The zero-order valence-electron chi connectivity index (χ0n) is 10.1. The molecular weight excluding hydrogens is 216 g/mol. The second-order valence-corrected chi connectivity index (χ2v) is 4.16. The molecule has 0 saturated heterocycles. The Morgan fingerprint density at radius 2 is 1.76 bits per heavy atom. The number of hydrogen-bond acceptors (Lipinski definition) is 2. The van der Waals surface area contributed by atoms with Crippen LogP contribution < -0.4 is 11.2 Å². The molecule has 88 valence electrons. The molecule has 0 unspecified atom stereocenters. The van der Waals surface area contributed by atoms with Gasteiger partial charge in [-0.15, -0.1) is 0 Å². The summed E-state index contributed by atoms with van der Waals surface area (Å²) >= 11 is 0. The maximum Gasteiger partial charge on any atom is 0.335 e. The SMILES string of the molecule is Cc1ccc(-n2ccc(=O)n(C)c2=O)c(C)c1. The summed E-state index contributed by atoms with van der Waals surface area (Å²) in [6.45, 7) is 3.94. The van der Waals surface area contributed by atoms with Crippen molar-refractivity contribution in [3.05, 3.63) is 62.4 Å². The lowest BCUT2D eigenvalue weighted by Gasteiger charge is -2.10. The van der Waals surface area contributed by atoms with Crippen LogP contribution in [-0.4, -0.2) is 9.13 Å². The molecule has 0 spiro atoms. The van der Waals surface area contributed by atoms with Gasteiger partial charge in [0.15, 0.2) is 0 Å². The van der Waals surface area contributed by atoms with Gasteiger partial charge in [-0.2, -0.15) is 0 Å². The first-order valence-electron chi connectivity index (χ1n) is 5.37. The summed E-state index contributed by atoms with van der Waals surface area (Å²) in [5.41, 5.74) is 2.33. The van der Waals surface area contributed by atoms with Gasteiger partial charge in [-0.1, -0.05) is 17.7 Å². The van der Waals surface area contributed by atoms with E-state index in [2.05, 4.69) is 0 Å². The minimum absolute atomic E-state index is 0.295. The van der Waals surface area contributed by atoms with Crippen molar-refractivity contribution in [1.82, 2.24) is 9.13 Å². The predicted molar refractivity (Wildman–Crippen MR) is 66.8 cm³/mol. The molecule has 0 bridgehead atoms. The Kier molecular flexibility index (Phi) is 2.71. The van der Waals surface area contributed by atoms with Crippen LogP contribution in [0.1, 0.15) is 11.1 Å². The highest BCUT2D eigenvalue weighted by molar-refractivity contribution is 5.42. The van der Waals surface area contributed by atoms with Crippen LogP contribution in [0.3, 0.4) is 0 Å². The Labute approximate surface area is 98.8 Å². The summed E-state index contributed by atoms with van der Waals surface area (Å²) in [6.07, 6.45) is 1.52. The van der Waals surface area contributed by atoms with Gasteiger partial charge in [0.2, 0.25) is 0 Å². The average molecular weight is 230 g/mol. The molecule has 4 nitrogen and oxygen atoms in total. The molecule has 0 aliphatic carbocycles. The standard InChI is InChI=1S/C13H14N2O2/c1-9-4-5-11(10(2)8-9)15-7-6-12(16)14(3)13(15)17/h4-8H,1-3H3. The van der Waals surface area contributed by atoms with E-state index in [4.69, 9.17) is 0 Å². The van der Waals surface area contributed by atoms with E-state index < -0.39 is 0 Å². The molecule has 0 amide bonds. The van der Waals surface area contributed by atoms with E-state index in [1.165, 1.54) is 23.9 Å². The summed E-state index contributed by atoms with van der Waals surface area (Å²) in [6, 6.07) is 7.23. The molecule has 0 saturated carbocycles. The number of hydrogen-bond donors (Lipinski definition) is 0. The van der Waals surface area contributed by atoms with Gasteiger partial charge in [-0.05, 0) is 25.5 Å². The van der Waals surface area contributed by atoms with E-state index in [-0.39, 0.29) is 11.2 Å². The normalized spacial score (nSPS) is 10.5. The molecule has 17 heavy (non-hydrogen) atoms. The van der Waals surface area contributed by atoms with Crippen LogP contribution in [0.5, 0.6) is 0 Å². The number of aryl methyl sites for hydroxylation is 2. The molecule has 2 aromatic rings. The summed E-state index contributed by atoms with van der Waals surface area (Å²) in [7, 11) is 1.48. The summed E-state index contributed by atoms with van der Waals surface area (Å²) in [5, 5.41) is 0. The number of benzene rings is 1. The van der Waals surface area contributed by atoms with Crippen molar-refractivity contribution >= 4 is 0 Å². The third-order valence-corrected chi connectivity index (χ3v) is 2.80. The van der Waals surface area contributed by atoms with Crippen LogP contribution in [0.25, 0.3) is 5.69 Å². The Balaban J connectivity index is 2.74. The lowest BCUT2D eigenvalue weighted by Crippen LogP contribution is -2.36. The van der Waals surface area contributed by atoms with Crippen LogP contribution in [0.2, 0.25) is 0 Å². The zero-order valence-corrected chi connectivity index (χ0v) is 10.1. The summed E-state index contributed by atoms with van der Waals surface area (Å²) < 4.78 is 2.58. The van der Waals surface area contributed by atoms with E-state index in [0.717, 1.165) is 21.4 Å². The molecule has 0 aliphatic rings. The van der Waals surface area contributed by atoms with Gasteiger partial charge in [0.25, 0.3) is 5.56 Å². The number of rotatable bonds is 1. The first kappa shape index (κ1) is 11.4. The highest BCUT2D eigenvalue weighted by Gasteiger charge is 2.05. The van der Waals surface area contributed by atoms with Crippen LogP contribution in [0.15, 0.2) is 40.1 Å². The maximum atomic E-state index is 12.0. The highest BCUT2D eigenvalue weighted by atomic mass is 16.2. The fourth-order valence-corrected chi connectivity index (χ4v) is 1.83. The third kappa shape index (κ3) is 1.93. The maximum absolute atomic E-state index is 12.0. The van der Waals surface area contributed by atoms with E-state index in [0.29, 0.717) is 0 Å². The van der Waals surface area contributed by atoms with Crippen molar-refractivity contribution < 1.29 is 0 Å². The highest BCUT2D eigenvalue weighted by Crippen LogP contribution is 2.13. The van der Waals surface area contributed by atoms with Gasteiger partial charge in [-0.25, -0.2) is 4.79 Å². The van der Waals surface area contributed by atoms with Gasteiger partial charge in [0, 0.05) is 19.3 Å². The van der Waals surface area contributed by atoms with Crippen molar-refractivity contribution in [3.63, 3.8) is 0 Å². The predicted octanol–water partition coefficient (Wildman–Crippen LogP) is 1.15. The van der Waals surface area contributed by atoms with Crippen LogP contribution in [0, 0.1) is 13.8 Å². The first-order valence-corrected chi connectivity index (χ1v) is 5.37. The second kappa shape index (κ2) is 4.05. The topological polar surface area (TPSA) is 44.0 Å². The molecule has 1 aromatic carbocycles. The molecule has 1 heterocycles. The smallest absolute Gasteiger partial charge is 0.269 e. The lowest BCUT2D eigenvalue weighted by molar-refractivity contribution is 0.727. The van der Waals surface area contributed by atoms with Gasteiger partial charge in [0.1, 0.15) is 0 Å². The minimum Gasteiger partial charge on any atom is -0.269 e. The summed E-state index contributed by atoms with van der Waals surface area (Å²) in [5.74, 6) is 0. The van der Waals surface area contributed by atoms with Gasteiger partial charge in [0.05, 0.1) is 5.69 Å². The van der Waals surface area contributed by atoms with Crippen molar-refractivity contribution in [1.29, 1.82) is 0 Å².